The van der Waals surface area contributed by atoms with E-state index in [1.807, 2.05) is 11.0 Å². The molecule has 29 heavy (non-hydrogen) atoms. The lowest BCUT2D eigenvalue weighted by atomic mass is 9.99. The van der Waals surface area contributed by atoms with Gasteiger partial charge >= 0.3 is 5.97 Å². The summed E-state index contributed by atoms with van der Waals surface area (Å²) in [5, 5.41) is 9.06. The van der Waals surface area contributed by atoms with Crippen molar-refractivity contribution in [2.24, 2.45) is 5.92 Å². The molecule has 1 amide bonds. The zero-order valence-electron chi connectivity index (χ0n) is 19.5. The maximum absolute atomic E-state index is 13.0. The highest BCUT2D eigenvalue weighted by Crippen LogP contribution is 2.16. The average Bonchev–Trinajstić information content (AvgIpc) is 2.71. The monoisotopic (exact) mass is 409 g/mol. The molecule has 0 spiro atoms. The molecule has 0 aromatic rings. The van der Waals surface area contributed by atoms with Gasteiger partial charge in [-0.25, -0.2) is 0 Å². The molecule has 0 aromatic carbocycles. The normalized spacial score (nSPS) is 12.4. The number of aliphatic carboxylic acids is 1. The number of allylic oxidation sites excluding steroid dienone is 1. The van der Waals surface area contributed by atoms with Gasteiger partial charge in [0.25, 0.3) is 0 Å². The Bertz CT molecular complexity index is 426. The first-order valence-corrected chi connectivity index (χ1v) is 12.2. The minimum atomic E-state index is -0.826. The molecule has 0 radical (unpaired) electrons. The Hall–Kier alpha value is -1.32. The van der Waals surface area contributed by atoms with Gasteiger partial charge in [0.05, 0.1) is 5.92 Å². The zero-order valence-corrected chi connectivity index (χ0v) is 19.5. The van der Waals surface area contributed by atoms with Crippen molar-refractivity contribution in [2.45, 2.75) is 117 Å². The van der Waals surface area contributed by atoms with Gasteiger partial charge in [0.1, 0.15) is 0 Å². The standard InChI is InChI=1S/C25H47NO3/c1-4-7-10-11-12-13-14-15-16-17-18-23(19-20-24(27)28)25(29)26(21-8-5-2)22-9-6-3/h17-18,23H,4-16,19-22H2,1-3H3,(H,27,28)/b18-17-. The predicted octanol–water partition coefficient (Wildman–Crippen LogP) is 6.98. The van der Waals surface area contributed by atoms with Gasteiger partial charge in [-0.1, -0.05) is 90.7 Å². The summed E-state index contributed by atoms with van der Waals surface area (Å²) in [4.78, 5) is 26.0. The van der Waals surface area contributed by atoms with E-state index in [0.717, 1.165) is 51.6 Å². The molecule has 0 aromatic heterocycles. The van der Waals surface area contributed by atoms with Crippen molar-refractivity contribution in [1.29, 1.82) is 0 Å². The number of hydrogen-bond donors (Lipinski definition) is 1. The van der Waals surface area contributed by atoms with Crippen LogP contribution in [0.25, 0.3) is 0 Å². The molecule has 170 valence electrons. The summed E-state index contributed by atoms with van der Waals surface area (Å²) in [6, 6.07) is 0. The van der Waals surface area contributed by atoms with E-state index in [1.165, 1.54) is 44.9 Å². The third-order valence-corrected chi connectivity index (χ3v) is 5.45. The maximum Gasteiger partial charge on any atom is 0.303 e. The van der Waals surface area contributed by atoms with E-state index >= 15 is 0 Å². The summed E-state index contributed by atoms with van der Waals surface area (Å²) in [7, 11) is 0. The van der Waals surface area contributed by atoms with Crippen molar-refractivity contribution in [3.05, 3.63) is 12.2 Å². The molecule has 1 atom stereocenters. The molecule has 0 bridgehead atoms. The maximum atomic E-state index is 13.0. The minimum absolute atomic E-state index is 0.0495. The van der Waals surface area contributed by atoms with E-state index in [-0.39, 0.29) is 18.2 Å². The van der Waals surface area contributed by atoms with Gasteiger partial charge in [-0.15, -0.1) is 0 Å². The summed E-state index contributed by atoms with van der Waals surface area (Å²) >= 11 is 0. The Balaban J connectivity index is 4.50. The molecule has 0 saturated heterocycles. The Morgan fingerprint density at radius 3 is 1.83 bits per heavy atom. The fourth-order valence-electron chi connectivity index (χ4n) is 3.50. The molecule has 0 fully saturated rings. The molecule has 4 nitrogen and oxygen atoms in total. The van der Waals surface area contributed by atoms with Crippen molar-refractivity contribution in [3.8, 4) is 0 Å². The van der Waals surface area contributed by atoms with Crippen molar-refractivity contribution >= 4 is 11.9 Å². The number of carboxylic acids is 1. The number of carboxylic acid groups (broad SMARTS) is 1. The SMILES string of the molecule is CCCCCCCCCC/C=C\C(CCC(=O)O)C(=O)N(CCCC)CCCC. The molecular formula is C25H47NO3. The largest absolute Gasteiger partial charge is 0.481 e. The second-order valence-electron chi connectivity index (χ2n) is 8.26. The number of amides is 1. The van der Waals surface area contributed by atoms with E-state index in [9.17, 15) is 9.59 Å². The number of unbranched alkanes of at least 4 members (excludes halogenated alkanes) is 10. The second kappa shape index (κ2) is 20.0. The molecular weight excluding hydrogens is 362 g/mol. The van der Waals surface area contributed by atoms with Crippen LogP contribution >= 0.6 is 0 Å². The van der Waals surface area contributed by atoms with Crippen LogP contribution < -0.4 is 0 Å². The summed E-state index contributed by atoms with van der Waals surface area (Å²) in [6.45, 7) is 8.07. The lowest BCUT2D eigenvalue weighted by molar-refractivity contribution is -0.138. The van der Waals surface area contributed by atoms with Gasteiger partial charge in [0.15, 0.2) is 0 Å². The van der Waals surface area contributed by atoms with Crippen LogP contribution in [-0.4, -0.2) is 35.0 Å². The first kappa shape index (κ1) is 27.7. The highest BCUT2D eigenvalue weighted by atomic mass is 16.4. The smallest absolute Gasteiger partial charge is 0.303 e. The predicted molar refractivity (Wildman–Crippen MR) is 123 cm³/mol. The van der Waals surface area contributed by atoms with Gasteiger partial charge in [-0.05, 0) is 32.1 Å². The number of carbonyl (C=O) groups excluding carboxylic acids is 1. The highest BCUT2D eigenvalue weighted by Gasteiger charge is 2.22. The van der Waals surface area contributed by atoms with Crippen LogP contribution in [0.2, 0.25) is 0 Å². The van der Waals surface area contributed by atoms with Gasteiger partial charge in [0, 0.05) is 19.5 Å². The van der Waals surface area contributed by atoms with Crippen LogP contribution in [0.15, 0.2) is 12.2 Å². The quantitative estimate of drug-likeness (QED) is 0.174. The molecule has 0 aliphatic heterocycles. The third kappa shape index (κ3) is 16.2. The highest BCUT2D eigenvalue weighted by molar-refractivity contribution is 5.81. The van der Waals surface area contributed by atoms with Crippen molar-refractivity contribution < 1.29 is 14.7 Å². The van der Waals surface area contributed by atoms with Crippen LogP contribution in [0.5, 0.6) is 0 Å². The molecule has 1 unspecified atom stereocenters. The van der Waals surface area contributed by atoms with Crippen molar-refractivity contribution in [3.63, 3.8) is 0 Å². The lowest BCUT2D eigenvalue weighted by Crippen LogP contribution is -2.37. The van der Waals surface area contributed by atoms with E-state index in [2.05, 4.69) is 26.8 Å². The van der Waals surface area contributed by atoms with E-state index in [0.29, 0.717) is 6.42 Å². The van der Waals surface area contributed by atoms with Crippen molar-refractivity contribution in [2.75, 3.05) is 13.1 Å². The Morgan fingerprint density at radius 2 is 1.31 bits per heavy atom. The molecule has 1 N–H and O–H groups in total. The van der Waals surface area contributed by atoms with E-state index in [4.69, 9.17) is 5.11 Å². The topological polar surface area (TPSA) is 57.6 Å². The Kier molecular flexibility index (Phi) is 19.1. The molecule has 0 aliphatic rings. The lowest BCUT2D eigenvalue weighted by Gasteiger charge is -2.26. The Morgan fingerprint density at radius 1 is 0.793 bits per heavy atom. The van der Waals surface area contributed by atoms with Crippen LogP contribution in [0.3, 0.4) is 0 Å². The van der Waals surface area contributed by atoms with E-state index < -0.39 is 5.97 Å². The fraction of sp³-hybridized carbons (Fsp3) is 0.840. The molecule has 0 heterocycles. The van der Waals surface area contributed by atoms with Crippen LogP contribution in [0.4, 0.5) is 0 Å². The Labute approximate surface area is 180 Å². The van der Waals surface area contributed by atoms with Crippen LogP contribution in [0.1, 0.15) is 117 Å². The zero-order chi connectivity index (χ0) is 21.7. The number of nitrogens with zero attached hydrogens (tertiary/aromatic N) is 1. The molecule has 0 aliphatic carbocycles. The van der Waals surface area contributed by atoms with Gasteiger partial charge < -0.3 is 10.0 Å². The second-order valence-corrected chi connectivity index (χ2v) is 8.26. The van der Waals surface area contributed by atoms with Gasteiger partial charge in [-0.3, -0.25) is 9.59 Å². The average molecular weight is 410 g/mol. The number of carbonyl (C=O) groups is 2. The summed E-state index contributed by atoms with van der Waals surface area (Å²) in [5.74, 6) is -1.01. The summed E-state index contributed by atoms with van der Waals surface area (Å²) in [5.41, 5.74) is 0. The molecule has 4 heteroatoms. The first-order valence-electron chi connectivity index (χ1n) is 12.2. The number of hydrogen-bond acceptors (Lipinski definition) is 2. The molecule has 0 saturated carbocycles. The van der Waals surface area contributed by atoms with Crippen LogP contribution in [0, 0.1) is 5.92 Å². The number of rotatable bonds is 20. The third-order valence-electron chi connectivity index (χ3n) is 5.45. The van der Waals surface area contributed by atoms with Crippen molar-refractivity contribution in [1.82, 2.24) is 4.90 Å². The minimum Gasteiger partial charge on any atom is -0.481 e. The summed E-state index contributed by atoms with van der Waals surface area (Å²) < 4.78 is 0. The first-order chi connectivity index (χ1) is 14.1. The van der Waals surface area contributed by atoms with Crippen LogP contribution in [-0.2, 0) is 9.59 Å². The fourth-order valence-corrected chi connectivity index (χ4v) is 3.50. The molecule has 0 rings (SSSR count). The summed E-state index contributed by atoms with van der Waals surface area (Å²) in [6.07, 6.45) is 20.0. The van der Waals surface area contributed by atoms with E-state index in [1.54, 1.807) is 0 Å². The van der Waals surface area contributed by atoms with Gasteiger partial charge in [-0.2, -0.15) is 0 Å². The van der Waals surface area contributed by atoms with Gasteiger partial charge in [0.2, 0.25) is 5.91 Å².